The van der Waals surface area contributed by atoms with E-state index in [0.717, 1.165) is 11.6 Å². The van der Waals surface area contributed by atoms with Gasteiger partial charge in [-0.05, 0) is 49.8 Å². The molecule has 1 amide bonds. The predicted molar refractivity (Wildman–Crippen MR) is 115 cm³/mol. The van der Waals surface area contributed by atoms with E-state index in [1.807, 2.05) is 0 Å². The third-order valence-electron chi connectivity index (χ3n) is 6.49. The lowest BCUT2D eigenvalue weighted by atomic mass is 9.86. The molecule has 1 saturated heterocycles. The van der Waals surface area contributed by atoms with E-state index in [1.165, 1.54) is 16.4 Å². The molecule has 1 aromatic rings. The zero-order valence-corrected chi connectivity index (χ0v) is 18.8. The Morgan fingerprint density at radius 2 is 1.78 bits per heavy atom. The summed E-state index contributed by atoms with van der Waals surface area (Å²) in [6.07, 6.45) is -3.53. The van der Waals surface area contributed by atoms with Crippen LogP contribution < -0.4 is 0 Å². The molecule has 0 radical (unpaired) electrons. The Morgan fingerprint density at radius 3 is 2.41 bits per heavy atom. The number of carbonyl (C=O) groups is 1. The van der Waals surface area contributed by atoms with Gasteiger partial charge in [0.2, 0.25) is 10.0 Å². The number of likely N-dealkylation sites (tertiary alicyclic amines) is 1. The lowest BCUT2D eigenvalue weighted by molar-refractivity contribution is -0.138. The second-order valence-electron chi connectivity index (χ2n) is 8.76. The van der Waals surface area contributed by atoms with Gasteiger partial charge in [0.05, 0.1) is 17.4 Å². The van der Waals surface area contributed by atoms with Crippen molar-refractivity contribution in [2.45, 2.75) is 44.0 Å². The molecule has 0 bridgehead atoms. The van der Waals surface area contributed by atoms with E-state index >= 15 is 0 Å². The van der Waals surface area contributed by atoms with E-state index in [4.69, 9.17) is 0 Å². The van der Waals surface area contributed by atoms with Crippen molar-refractivity contribution < 1.29 is 26.4 Å². The predicted octanol–water partition coefficient (Wildman–Crippen LogP) is 3.22. The van der Waals surface area contributed by atoms with Gasteiger partial charge in [0, 0.05) is 31.8 Å². The van der Waals surface area contributed by atoms with E-state index in [0.29, 0.717) is 43.8 Å². The summed E-state index contributed by atoms with van der Waals surface area (Å²) in [5.74, 6) is -0.531. The summed E-state index contributed by atoms with van der Waals surface area (Å²) < 4.78 is 66.5. The highest BCUT2D eigenvalue weighted by molar-refractivity contribution is 7.89. The van der Waals surface area contributed by atoms with Crippen LogP contribution in [0.1, 0.15) is 43.7 Å². The second kappa shape index (κ2) is 8.30. The topological polar surface area (TPSA) is 70.1 Å². The van der Waals surface area contributed by atoms with E-state index in [9.17, 15) is 26.4 Å². The van der Waals surface area contributed by atoms with Gasteiger partial charge in [0.15, 0.2) is 0 Å². The number of amides is 1. The Morgan fingerprint density at radius 1 is 1.12 bits per heavy atom. The number of carbonyl (C=O) groups excluding carboxylic acids is 1. The Balaban J connectivity index is 1.42. The molecule has 3 heterocycles. The number of benzene rings is 1. The standard InChI is InChI=1S/C22H26F3N3O3S/c1-14(2)32(30,31)28-12-16-11-26-20(18(16)13-28)21(29)27-9-7-15(8-10-27)17-5-3-4-6-19(17)22(23,24)25/h3-6,14-15H,7-13H2,1-2H3. The van der Waals surface area contributed by atoms with Gasteiger partial charge in [-0.25, -0.2) is 8.42 Å². The number of nitrogens with zero attached hydrogens (tertiary/aromatic N) is 3. The Hall–Kier alpha value is -2.20. The van der Waals surface area contributed by atoms with Gasteiger partial charge in [-0.15, -0.1) is 0 Å². The molecule has 1 aromatic carbocycles. The van der Waals surface area contributed by atoms with Crippen molar-refractivity contribution >= 4 is 21.6 Å². The number of halogens is 3. The SMILES string of the molecule is CC(C)S(=O)(=O)N1CC2=C(C1)C(C(=O)N1CCC(c3ccccc3C(F)(F)F)CC1)=NC2. The number of alkyl halides is 3. The van der Waals surface area contributed by atoms with Gasteiger partial charge >= 0.3 is 6.18 Å². The van der Waals surface area contributed by atoms with Crippen LogP contribution in [-0.4, -0.2) is 67.2 Å². The van der Waals surface area contributed by atoms with Crippen LogP contribution in [0.4, 0.5) is 13.2 Å². The first kappa shape index (κ1) is 23.0. The molecule has 0 unspecified atom stereocenters. The maximum absolute atomic E-state index is 13.4. The zero-order chi connectivity index (χ0) is 23.3. The van der Waals surface area contributed by atoms with E-state index in [1.54, 1.807) is 24.8 Å². The fourth-order valence-corrected chi connectivity index (χ4v) is 5.88. The van der Waals surface area contributed by atoms with Crippen LogP contribution in [0, 0.1) is 0 Å². The molecule has 3 aliphatic heterocycles. The van der Waals surface area contributed by atoms with E-state index in [2.05, 4.69) is 4.99 Å². The lowest BCUT2D eigenvalue weighted by Gasteiger charge is -2.33. The second-order valence-corrected chi connectivity index (χ2v) is 11.2. The molecule has 174 valence electrons. The summed E-state index contributed by atoms with van der Waals surface area (Å²) in [6, 6.07) is 5.62. The molecule has 32 heavy (non-hydrogen) atoms. The minimum absolute atomic E-state index is 0.149. The minimum Gasteiger partial charge on any atom is -0.337 e. The maximum atomic E-state index is 13.4. The van der Waals surface area contributed by atoms with Crippen LogP contribution >= 0.6 is 0 Å². The highest BCUT2D eigenvalue weighted by Gasteiger charge is 2.40. The van der Waals surface area contributed by atoms with Crippen LogP contribution in [0.15, 0.2) is 40.4 Å². The van der Waals surface area contributed by atoms with Gasteiger partial charge in [-0.3, -0.25) is 9.79 Å². The number of hydrogen-bond acceptors (Lipinski definition) is 4. The molecule has 6 nitrogen and oxygen atoms in total. The molecular weight excluding hydrogens is 443 g/mol. The fraction of sp³-hybridized carbons (Fsp3) is 0.545. The number of aliphatic imine (C=N–C) groups is 1. The molecule has 0 N–H and O–H groups in total. The van der Waals surface area contributed by atoms with Gasteiger partial charge < -0.3 is 4.90 Å². The van der Waals surface area contributed by atoms with Crippen LogP contribution in [0.5, 0.6) is 0 Å². The van der Waals surface area contributed by atoms with Gasteiger partial charge in [-0.2, -0.15) is 17.5 Å². The molecule has 3 aliphatic rings. The molecule has 0 aromatic heterocycles. The van der Waals surface area contributed by atoms with Crippen molar-refractivity contribution in [2.75, 3.05) is 32.7 Å². The zero-order valence-electron chi connectivity index (χ0n) is 18.0. The molecule has 4 rings (SSSR count). The van der Waals surface area contributed by atoms with Crippen LogP contribution in [0.3, 0.4) is 0 Å². The van der Waals surface area contributed by atoms with E-state index < -0.39 is 27.0 Å². The highest BCUT2D eigenvalue weighted by atomic mass is 32.2. The first-order valence-electron chi connectivity index (χ1n) is 10.7. The Labute approximate surface area is 185 Å². The van der Waals surface area contributed by atoms with Gasteiger partial charge in [-0.1, -0.05) is 18.2 Å². The third kappa shape index (κ3) is 4.10. The summed E-state index contributed by atoms with van der Waals surface area (Å²) in [7, 11) is -3.43. The smallest absolute Gasteiger partial charge is 0.337 e. The summed E-state index contributed by atoms with van der Waals surface area (Å²) in [5, 5.41) is -0.544. The van der Waals surface area contributed by atoms with Gasteiger partial charge in [0.25, 0.3) is 5.91 Å². The largest absolute Gasteiger partial charge is 0.416 e. The van der Waals surface area contributed by atoms with Crippen molar-refractivity contribution in [1.82, 2.24) is 9.21 Å². The van der Waals surface area contributed by atoms with E-state index in [-0.39, 0.29) is 30.5 Å². The average molecular weight is 470 g/mol. The first-order valence-corrected chi connectivity index (χ1v) is 12.2. The quantitative estimate of drug-likeness (QED) is 0.680. The maximum Gasteiger partial charge on any atom is 0.416 e. The fourth-order valence-electron chi connectivity index (χ4n) is 4.64. The molecule has 0 aliphatic carbocycles. The summed E-state index contributed by atoms with van der Waals surface area (Å²) in [6.45, 7) is 4.65. The molecule has 10 heteroatoms. The Bertz CT molecular complexity index is 1090. The van der Waals surface area contributed by atoms with Crippen molar-refractivity contribution in [2.24, 2.45) is 4.99 Å². The molecule has 0 spiro atoms. The minimum atomic E-state index is -4.41. The van der Waals surface area contributed by atoms with Crippen molar-refractivity contribution in [1.29, 1.82) is 0 Å². The number of piperidine rings is 1. The number of hydrogen-bond donors (Lipinski definition) is 0. The van der Waals surface area contributed by atoms with Gasteiger partial charge in [0.1, 0.15) is 5.71 Å². The number of sulfonamides is 1. The summed E-state index contributed by atoms with van der Waals surface area (Å²) >= 11 is 0. The number of rotatable bonds is 4. The lowest BCUT2D eigenvalue weighted by Crippen LogP contribution is -2.43. The van der Waals surface area contributed by atoms with Crippen LogP contribution in [0.25, 0.3) is 0 Å². The van der Waals surface area contributed by atoms with Crippen molar-refractivity contribution in [3.63, 3.8) is 0 Å². The van der Waals surface area contributed by atoms with Crippen molar-refractivity contribution in [3.05, 3.63) is 46.5 Å². The highest BCUT2D eigenvalue weighted by Crippen LogP contribution is 2.39. The molecule has 1 fully saturated rings. The summed E-state index contributed by atoms with van der Waals surface area (Å²) in [4.78, 5) is 19.1. The first-order chi connectivity index (χ1) is 15.0. The third-order valence-corrected chi connectivity index (χ3v) is 8.66. The molecular formula is C22H26F3N3O3S. The average Bonchev–Trinajstić information content (AvgIpc) is 3.34. The monoisotopic (exact) mass is 469 g/mol. The Kier molecular flexibility index (Phi) is 5.96. The summed E-state index contributed by atoms with van der Waals surface area (Å²) in [5.41, 5.74) is 1.50. The van der Waals surface area contributed by atoms with Crippen molar-refractivity contribution in [3.8, 4) is 0 Å². The molecule has 0 saturated carbocycles. The normalized spacial score (nSPS) is 20.8. The van der Waals surface area contributed by atoms with Crippen LogP contribution in [0.2, 0.25) is 0 Å². The van der Waals surface area contributed by atoms with Crippen LogP contribution in [-0.2, 0) is 21.0 Å². The molecule has 0 atom stereocenters.